The van der Waals surface area contributed by atoms with Crippen molar-refractivity contribution in [1.29, 1.82) is 0 Å². The Hall–Kier alpha value is -1.50. The third-order valence-corrected chi connectivity index (χ3v) is 9.11. The molecule has 1 N–H and O–H groups in total. The first-order valence-electron chi connectivity index (χ1n) is 11.7. The van der Waals surface area contributed by atoms with E-state index in [1.165, 1.54) is 22.6 Å². The van der Waals surface area contributed by atoms with Crippen LogP contribution >= 0.6 is 11.8 Å². The summed E-state index contributed by atoms with van der Waals surface area (Å²) >= 11 is 1.60. The summed E-state index contributed by atoms with van der Waals surface area (Å²) in [5.74, 6) is 0.626. The molecule has 0 bridgehead atoms. The zero-order valence-corrected chi connectivity index (χ0v) is 19.0. The van der Waals surface area contributed by atoms with Gasteiger partial charge in [0.1, 0.15) is 0 Å². The molecule has 1 saturated heterocycles. The zero-order chi connectivity index (χ0) is 22.3. The number of fused-ring (bicyclic) bond motifs is 4. The number of benzene rings is 2. The Balaban J connectivity index is 1.42. The van der Waals surface area contributed by atoms with Crippen LogP contribution in [0.25, 0.3) is 0 Å². The van der Waals surface area contributed by atoms with Gasteiger partial charge < -0.3 is 10.0 Å². The average molecular weight is 462 g/mol. The number of hydrogen-bond acceptors (Lipinski definition) is 3. The summed E-state index contributed by atoms with van der Waals surface area (Å²) in [6, 6.07) is 13.1. The molecular formula is C26H30F3NOS. The first-order valence-corrected chi connectivity index (χ1v) is 12.6. The molecule has 2 aliphatic heterocycles. The Morgan fingerprint density at radius 2 is 1.62 bits per heavy atom. The van der Waals surface area contributed by atoms with Crippen molar-refractivity contribution in [3.8, 4) is 0 Å². The van der Waals surface area contributed by atoms with Gasteiger partial charge in [-0.05, 0) is 99.3 Å². The van der Waals surface area contributed by atoms with Gasteiger partial charge in [-0.1, -0.05) is 30.0 Å². The maximum Gasteiger partial charge on any atom is 0.416 e. The lowest BCUT2D eigenvalue weighted by Crippen LogP contribution is -2.46. The molecule has 0 aromatic heterocycles. The van der Waals surface area contributed by atoms with Crippen LogP contribution in [0, 0.1) is 5.92 Å². The van der Waals surface area contributed by atoms with Crippen LogP contribution in [0.5, 0.6) is 0 Å². The Morgan fingerprint density at radius 3 is 2.31 bits per heavy atom. The van der Waals surface area contributed by atoms with E-state index in [9.17, 15) is 18.3 Å². The predicted octanol–water partition coefficient (Wildman–Crippen LogP) is 6.49. The molecule has 2 aromatic rings. The Labute approximate surface area is 192 Å². The summed E-state index contributed by atoms with van der Waals surface area (Å²) in [4.78, 5) is 4.75. The summed E-state index contributed by atoms with van der Waals surface area (Å²) in [7, 11) is 0. The molecule has 1 aliphatic carbocycles. The van der Waals surface area contributed by atoms with E-state index in [4.69, 9.17) is 0 Å². The second-order valence-electron chi connectivity index (χ2n) is 9.61. The van der Waals surface area contributed by atoms with E-state index < -0.39 is 11.7 Å². The van der Waals surface area contributed by atoms with Crippen molar-refractivity contribution in [3.63, 3.8) is 0 Å². The fourth-order valence-electron chi connectivity index (χ4n) is 6.17. The molecule has 0 amide bonds. The van der Waals surface area contributed by atoms with Crippen molar-refractivity contribution in [1.82, 2.24) is 4.90 Å². The number of halogens is 3. The van der Waals surface area contributed by atoms with Gasteiger partial charge in [0.05, 0.1) is 5.56 Å². The molecule has 6 heteroatoms. The van der Waals surface area contributed by atoms with Crippen molar-refractivity contribution in [2.45, 2.75) is 72.4 Å². The number of rotatable bonds is 3. The Kier molecular flexibility index (Phi) is 6.06. The number of aliphatic hydroxyl groups is 1. The molecule has 2 nitrogen and oxygen atoms in total. The smallest absolute Gasteiger partial charge is 0.396 e. The quantitative estimate of drug-likeness (QED) is 0.565. The molecule has 2 heterocycles. The summed E-state index contributed by atoms with van der Waals surface area (Å²) in [6.45, 7) is 2.42. The van der Waals surface area contributed by atoms with Gasteiger partial charge in [-0.2, -0.15) is 13.2 Å². The molecule has 1 spiro atoms. The second kappa shape index (κ2) is 8.69. The van der Waals surface area contributed by atoms with Gasteiger partial charge in [-0.25, -0.2) is 0 Å². The van der Waals surface area contributed by atoms with Gasteiger partial charge in [0.2, 0.25) is 0 Å². The summed E-state index contributed by atoms with van der Waals surface area (Å²) in [6.07, 6.45) is 2.65. The third-order valence-electron chi connectivity index (χ3n) is 7.96. The lowest BCUT2D eigenvalue weighted by molar-refractivity contribution is -0.137. The van der Waals surface area contributed by atoms with Crippen LogP contribution < -0.4 is 0 Å². The maximum atomic E-state index is 13.6. The number of nitrogens with zero attached hydrogens (tertiary/aromatic N) is 1. The van der Waals surface area contributed by atoms with E-state index in [0.717, 1.165) is 68.5 Å². The first kappa shape index (κ1) is 22.3. The summed E-state index contributed by atoms with van der Waals surface area (Å²) in [5.41, 5.74) is 1.21. The van der Waals surface area contributed by atoms with Gasteiger partial charge >= 0.3 is 6.18 Å². The molecule has 5 rings (SSSR count). The van der Waals surface area contributed by atoms with E-state index in [0.29, 0.717) is 12.0 Å². The minimum Gasteiger partial charge on any atom is -0.396 e. The lowest BCUT2D eigenvalue weighted by Gasteiger charge is -2.48. The van der Waals surface area contributed by atoms with E-state index >= 15 is 0 Å². The van der Waals surface area contributed by atoms with Gasteiger partial charge in [0, 0.05) is 27.9 Å². The number of hydrogen-bond donors (Lipinski definition) is 1. The van der Waals surface area contributed by atoms with E-state index in [2.05, 4.69) is 17.0 Å². The largest absolute Gasteiger partial charge is 0.416 e. The minimum atomic E-state index is -4.33. The average Bonchev–Trinajstić information content (AvgIpc) is 2.80. The normalized spacial score (nSPS) is 26.7. The van der Waals surface area contributed by atoms with Crippen LogP contribution in [0.2, 0.25) is 0 Å². The summed E-state index contributed by atoms with van der Waals surface area (Å²) in [5, 5.41) is 9.22. The topological polar surface area (TPSA) is 23.5 Å². The van der Waals surface area contributed by atoms with E-state index in [1.54, 1.807) is 17.8 Å². The number of likely N-dealkylation sites (tertiary alicyclic amines) is 1. The molecule has 3 aliphatic rings. The fourth-order valence-corrected chi connectivity index (χ4v) is 7.43. The molecular weight excluding hydrogens is 431 g/mol. The highest BCUT2D eigenvalue weighted by molar-refractivity contribution is 7.99. The van der Waals surface area contributed by atoms with Crippen LogP contribution in [-0.2, 0) is 11.6 Å². The van der Waals surface area contributed by atoms with Crippen molar-refractivity contribution < 1.29 is 18.3 Å². The fraction of sp³-hybridized carbons (Fsp3) is 0.538. The lowest BCUT2D eigenvalue weighted by atomic mass is 9.63. The van der Waals surface area contributed by atoms with Crippen molar-refractivity contribution in [3.05, 3.63) is 59.2 Å². The van der Waals surface area contributed by atoms with Gasteiger partial charge in [0.25, 0.3) is 0 Å². The van der Waals surface area contributed by atoms with E-state index in [1.807, 2.05) is 12.1 Å². The van der Waals surface area contributed by atoms with Crippen LogP contribution in [0.3, 0.4) is 0 Å². The molecule has 2 fully saturated rings. The van der Waals surface area contributed by atoms with Crippen LogP contribution in [0.4, 0.5) is 13.2 Å². The van der Waals surface area contributed by atoms with Crippen LogP contribution in [0.15, 0.2) is 52.3 Å². The highest BCUT2D eigenvalue weighted by atomic mass is 32.2. The van der Waals surface area contributed by atoms with Crippen molar-refractivity contribution in [2.75, 3.05) is 19.7 Å². The van der Waals surface area contributed by atoms with Gasteiger partial charge in [-0.15, -0.1) is 0 Å². The number of aliphatic hydroxyl groups excluding tert-OH is 1. The van der Waals surface area contributed by atoms with Crippen LogP contribution in [0.1, 0.15) is 61.6 Å². The Bertz CT molecular complexity index is 960. The molecule has 0 unspecified atom stereocenters. The molecule has 32 heavy (non-hydrogen) atoms. The molecule has 0 atom stereocenters. The predicted molar refractivity (Wildman–Crippen MR) is 121 cm³/mol. The SMILES string of the molecule is OCCC1CCN(C2CCC3(CC2)c2ccccc2Sc2ccc(C(F)(F)F)cc23)CC1. The minimum absolute atomic E-state index is 0.271. The monoisotopic (exact) mass is 461 g/mol. The zero-order valence-electron chi connectivity index (χ0n) is 18.2. The highest BCUT2D eigenvalue weighted by Gasteiger charge is 2.45. The first-order chi connectivity index (χ1) is 15.4. The second-order valence-corrected chi connectivity index (χ2v) is 10.7. The van der Waals surface area contributed by atoms with Crippen LogP contribution in [-0.4, -0.2) is 35.7 Å². The molecule has 2 aromatic carbocycles. The molecule has 172 valence electrons. The standard InChI is InChI=1S/C26H30F3NOS/c27-26(28,29)19-5-6-24-22(17-19)25(21-3-1-2-4-23(21)32-24)12-7-20(8-13-25)30-14-9-18(10-15-30)11-16-31/h1-6,17-18,20,31H,7-16H2. The third kappa shape index (κ3) is 3.99. The van der Waals surface area contributed by atoms with Crippen molar-refractivity contribution >= 4 is 11.8 Å². The number of piperidine rings is 1. The molecule has 1 saturated carbocycles. The van der Waals surface area contributed by atoms with E-state index in [-0.39, 0.29) is 12.0 Å². The van der Waals surface area contributed by atoms with Crippen molar-refractivity contribution in [2.24, 2.45) is 5.92 Å². The summed E-state index contributed by atoms with van der Waals surface area (Å²) < 4.78 is 40.7. The molecule has 0 radical (unpaired) electrons. The van der Waals surface area contributed by atoms with Gasteiger partial charge in [-0.3, -0.25) is 0 Å². The Morgan fingerprint density at radius 1 is 0.938 bits per heavy atom. The van der Waals surface area contributed by atoms with Gasteiger partial charge in [0.15, 0.2) is 0 Å². The highest BCUT2D eigenvalue weighted by Crippen LogP contribution is 2.56. The maximum absolute atomic E-state index is 13.6. The number of alkyl halides is 3.